The Kier molecular flexibility index (Phi) is 7.90. The third-order valence-electron chi connectivity index (χ3n) is 10.2. The maximum Gasteiger partial charge on any atom is 0.143 e. The van der Waals surface area contributed by atoms with Crippen molar-refractivity contribution < 1.29 is 0 Å². The molecule has 1 N–H and O–H groups in total. The van der Waals surface area contributed by atoms with Gasteiger partial charge in [0.25, 0.3) is 0 Å². The minimum atomic E-state index is 0.0128. The number of anilines is 5. The molecule has 0 radical (unpaired) electrons. The van der Waals surface area contributed by atoms with Gasteiger partial charge in [0, 0.05) is 41.1 Å². The van der Waals surface area contributed by atoms with Gasteiger partial charge in [0.2, 0.25) is 0 Å². The summed E-state index contributed by atoms with van der Waals surface area (Å²) in [6.45, 7) is 0.721. The van der Waals surface area contributed by atoms with E-state index in [1.54, 1.807) is 0 Å². The zero-order valence-corrected chi connectivity index (χ0v) is 27.9. The average Bonchev–Trinajstić information content (AvgIpc) is 3.59. The second kappa shape index (κ2) is 13.1. The molecule has 5 aromatic carbocycles. The molecule has 6 aromatic rings. The topological polar surface area (TPSA) is 56.7 Å². The quantitative estimate of drug-likeness (QED) is 0.186. The maximum atomic E-state index is 5.15. The number of nitrogens with zero attached hydrogens (tertiary/aromatic N) is 5. The highest BCUT2D eigenvalue weighted by Gasteiger charge is 2.35. The van der Waals surface area contributed by atoms with Gasteiger partial charge in [-0.2, -0.15) is 0 Å². The van der Waals surface area contributed by atoms with Crippen LogP contribution in [0.25, 0.3) is 16.3 Å². The fourth-order valence-electron chi connectivity index (χ4n) is 7.63. The van der Waals surface area contributed by atoms with Crippen LogP contribution in [0, 0.1) is 0 Å². The monoisotopic (exact) mass is 650 g/mol. The maximum absolute atomic E-state index is 5.15. The van der Waals surface area contributed by atoms with Crippen LogP contribution in [-0.2, 0) is 0 Å². The normalized spacial score (nSPS) is 18.5. The lowest BCUT2D eigenvalue weighted by Gasteiger charge is -2.31. The molecule has 0 amide bonds. The molecule has 244 valence electrons. The molecule has 50 heavy (non-hydrogen) atoms. The highest BCUT2D eigenvalue weighted by Crippen LogP contribution is 2.42. The van der Waals surface area contributed by atoms with Gasteiger partial charge < -0.3 is 15.1 Å². The minimum Gasteiger partial charge on any atom is -0.358 e. The summed E-state index contributed by atoms with van der Waals surface area (Å²) in [5.74, 6) is 0.265. The van der Waals surface area contributed by atoms with Crippen molar-refractivity contribution in [3.05, 3.63) is 169 Å². The van der Waals surface area contributed by atoms with Crippen molar-refractivity contribution in [3.8, 4) is 0 Å². The fraction of sp³-hybridized carbons (Fsp3) is 0.159. The SMILES string of the molecule is C1=C(c2cnc(C3CCC(C4Nc5ccccc5N4c4ccccc4)=NC3)cn2)CCC(N(c2ccccc2)c2cccc3ccccc23)=C1. The van der Waals surface area contributed by atoms with Crippen molar-refractivity contribution in [1.29, 1.82) is 0 Å². The molecule has 6 nitrogen and oxygen atoms in total. The Morgan fingerprint density at radius 2 is 1.46 bits per heavy atom. The van der Waals surface area contributed by atoms with Crippen molar-refractivity contribution in [2.75, 3.05) is 21.7 Å². The van der Waals surface area contributed by atoms with E-state index in [-0.39, 0.29) is 12.1 Å². The predicted octanol–water partition coefficient (Wildman–Crippen LogP) is 10.4. The van der Waals surface area contributed by atoms with E-state index in [9.17, 15) is 0 Å². The lowest BCUT2D eigenvalue weighted by molar-refractivity contribution is 0.598. The molecule has 6 heteroatoms. The van der Waals surface area contributed by atoms with Crippen LogP contribution in [0.3, 0.4) is 0 Å². The number of aromatic nitrogens is 2. The molecular formula is C44H38N6. The molecule has 3 aliphatic rings. The summed E-state index contributed by atoms with van der Waals surface area (Å²) in [7, 11) is 0. The van der Waals surface area contributed by atoms with Crippen LogP contribution < -0.4 is 15.1 Å². The lowest BCUT2D eigenvalue weighted by Crippen LogP contribution is -2.41. The van der Waals surface area contributed by atoms with Crippen LogP contribution in [0.2, 0.25) is 0 Å². The first-order chi connectivity index (χ1) is 24.8. The Morgan fingerprint density at radius 3 is 2.24 bits per heavy atom. The van der Waals surface area contributed by atoms with E-state index in [2.05, 4.69) is 155 Å². The first-order valence-corrected chi connectivity index (χ1v) is 17.6. The molecule has 9 rings (SSSR count). The highest BCUT2D eigenvalue weighted by atomic mass is 15.3. The Morgan fingerprint density at radius 1 is 0.680 bits per heavy atom. The number of allylic oxidation sites excluding steroid dienone is 4. The molecular weight excluding hydrogens is 613 g/mol. The second-order valence-corrected chi connectivity index (χ2v) is 13.2. The third-order valence-corrected chi connectivity index (χ3v) is 10.2. The number of hydrogen-bond donors (Lipinski definition) is 1. The van der Waals surface area contributed by atoms with Gasteiger partial charge in [-0.3, -0.25) is 15.0 Å². The van der Waals surface area contributed by atoms with Crippen LogP contribution in [0.15, 0.2) is 163 Å². The number of fused-ring (bicyclic) bond motifs is 2. The van der Waals surface area contributed by atoms with E-state index >= 15 is 0 Å². The van der Waals surface area contributed by atoms with Gasteiger partial charge in [-0.15, -0.1) is 0 Å². The predicted molar refractivity (Wildman–Crippen MR) is 207 cm³/mol. The van der Waals surface area contributed by atoms with Gasteiger partial charge >= 0.3 is 0 Å². The number of benzene rings is 5. The molecule has 0 saturated heterocycles. The van der Waals surface area contributed by atoms with Gasteiger partial charge in [-0.25, -0.2) is 0 Å². The Bertz CT molecular complexity index is 2240. The van der Waals surface area contributed by atoms with Crippen molar-refractivity contribution in [2.45, 2.75) is 37.8 Å². The fourth-order valence-corrected chi connectivity index (χ4v) is 7.63. The first kappa shape index (κ1) is 30.1. The van der Waals surface area contributed by atoms with E-state index in [1.807, 2.05) is 12.4 Å². The van der Waals surface area contributed by atoms with E-state index in [0.717, 1.165) is 55.0 Å². The van der Waals surface area contributed by atoms with Crippen LogP contribution in [0.1, 0.15) is 43.0 Å². The number of para-hydroxylation sites is 4. The number of aliphatic imine (C=N–C) groups is 1. The molecule has 2 unspecified atom stereocenters. The van der Waals surface area contributed by atoms with Gasteiger partial charge in [-0.1, -0.05) is 91.0 Å². The molecule has 3 heterocycles. The van der Waals surface area contributed by atoms with E-state index in [0.29, 0.717) is 0 Å². The van der Waals surface area contributed by atoms with E-state index in [1.165, 1.54) is 44.8 Å². The van der Waals surface area contributed by atoms with Crippen LogP contribution in [0.5, 0.6) is 0 Å². The summed E-state index contributed by atoms with van der Waals surface area (Å²) in [6, 6.07) is 45.0. The standard InChI is InChI=1S/C44H38N6/c1-3-14-34(15-4-1)49(42-21-11-13-31-12-7-8-18-37(31)42)36-25-22-32(23-26-36)40-29-47-41(30-46-40)33-24-27-39(45-28-33)44-48-38-19-9-10-20-43(38)50(44)35-16-5-2-6-17-35/h1-22,25,29-30,33,44,48H,23-24,26-28H2. The Labute approximate surface area is 293 Å². The zero-order valence-electron chi connectivity index (χ0n) is 27.9. The molecule has 2 atom stereocenters. The molecule has 0 saturated carbocycles. The zero-order chi connectivity index (χ0) is 33.3. The number of rotatable bonds is 7. The molecule has 1 aliphatic carbocycles. The summed E-state index contributed by atoms with van der Waals surface area (Å²) >= 11 is 0. The molecule has 0 spiro atoms. The average molecular weight is 651 g/mol. The third kappa shape index (κ3) is 5.63. The van der Waals surface area contributed by atoms with Gasteiger partial charge in [0.15, 0.2) is 0 Å². The number of nitrogens with one attached hydrogen (secondary N) is 1. The summed E-state index contributed by atoms with van der Waals surface area (Å²) in [5, 5.41) is 6.22. The van der Waals surface area contributed by atoms with E-state index < -0.39 is 0 Å². The Balaban J connectivity index is 0.931. The largest absolute Gasteiger partial charge is 0.358 e. The van der Waals surface area contributed by atoms with Crippen molar-refractivity contribution in [1.82, 2.24) is 9.97 Å². The van der Waals surface area contributed by atoms with Crippen molar-refractivity contribution in [2.24, 2.45) is 4.99 Å². The molecule has 1 aromatic heterocycles. The van der Waals surface area contributed by atoms with Gasteiger partial charge in [-0.05, 0) is 85.2 Å². The van der Waals surface area contributed by atoms with Crippen LogP contribution >= 0.6 is 0 Å². The summed E-state index contributed by atoms with van der Waals surface area (Å²) in [5.41, 5.74) is 11.5. The Hall–Kier alpha value is -6.01. The highest BCUT2D eigenvalue weighted by molar-refractivity contribution is 6.01. The molecule has 2 aliphatic heterocycles. The molecule has 0 bridgehead atoms. The lowest BCUT2D eigenvalue weighted by atomic mass is 9.93. The summed E-state index contributed by atoms with van der Waals surface area (Å²) < 4.78 is 0. The second-order valence-electron chi connectivity index (χ2n) is 13.2. The van der Waals surface area contributed by atoms with Crippen LogP contribution in [-0.4, -0.2) is 28.4 Å². The summed E-state index contributed by atoms with van der Waals surface area (Å²) in [4.78, 5) is 19.8. The van der Waals surface area contributed by atoms with Gasteiger partial charge in [0.1, 0.15) is 6.17 Å². The summed E-state index contributed by atoms with van der Waals surface area (Å²) in [6.07, 6.45) is 12.2. The smallest absolute Gasteiger partial charge is 0.143 e. The molecule has 0 fully saturated rings. The number of hydrogen-bond acceptors (Lipinski definition) is 6. The van der Waals surface area contributed by atoms with Gasteiger partial charge in [0.05, 0.1) is 40.4 Å². The van der Waals surface area contributed by atoms with Crippen LogP contribution in [0.4, 0.5) is 28.4 Å². The van der Waals surface area contributed by atoms with Crippen molar-refractivity contribution >= 4 is 50.5 Å². The first-order valence-electron chi connectivity index (χ1n) is 17.6. The van der Waals surface area contributed by atoms with Crippen molar-refractivity contribution in [3.63, 3.8) is 0 Å². The minimum absolute atomic E-state index is 0.0128. The van der Waals surface area contributed by atoms with E-state index in [4.69, 9.17) is 15.0 Å².